The van der Waals surface area contributed by atoms with Gasteiger partial charge in [-0.15, -0.1) is 0 Å². The summed E-state index contributed by atoms with van der Waals surface area (Å²) in [6.45, 7) is 26.1. The molecular weight excluding hydrogens is 887 g/mol. The molecular formula is C64H129N5O3. The van der Waals surface area contributed by atoms with Gasteiger partial charge in [0.25, 0.3) is 0 Å². The van der Waals surface area contributed by atoms with Gasteiger partial charge in [-0.3, -0.25) is 19.4 Å². The topological polar surface area (TPSA) is 59.6 Å². The third kappa shape index (κ3) is 45.0. The zero-order valence-electron chi connectivity index (χ0n) is 49.8. The monoisotopic (exact) mass is 1020 g/mol. The van der Waals surface area contributed by atoms with Crippen LogP contribution in [0.25, 0.3) is 0 Å². The zero-order chi connectivity index (χ0) is 52.1. The Hall–Kier alpha value is -1.22. The Morgan fingerprint density at radius 1 is 0.333 bits per heavy atom. The van der Waals surface area contributed by atoms with Crippen LogP contribution in [0.4, 0.5) is 0 Å². The average molecular weight is 1020 g/mol. The van der Waals surface area contributed by atoms with Crippen LogP contribution in [0.2, 0.25) is 0 Å². The summed E-state index contributed by atoms with van der Waals surface area (Å²) in [4.78, 5) is 39.4. The molecule has 0 aliphatic carbocycles. The second kappa shape index (κ2) is 54.6. The maximum atomic E-state index is 14.1. The molecule has 0 atom stereocenters. The smallest absolute Gasteiger partial charge is 0.305 e. The van der Waals surface area contributed by atoms with E-state index in [-0.39, 0.29) is 5.97 Å². The quantitative estimate of drug-likeness (QED) is 0.0444. The molecule has 8 heteroatoms. The van der Waals surface area contributed by atoms with Crippen LogP contribution in [0.3, 0.4) is 0 Å². The zero-order valence-corrected chi connectivity index (χ0v) is 49.8. The van der Waals surface area contributed by atoms with Crippen molar-refractivity contribution in [3.05, 3.63) is 0 Å². The first-order chi connectivity index (χ1) is 35.5. The second-order valence-corrected chi connectivity index (χ2v) is 22.9. The number of hydrogen-bond donors (Lipinski definition) is 0. The van der Waals surface area contributed by atoms with E-state index in [1.54, 1.807) is 0 Å². The average Bonchev–Trinajstić information content (AvgIpc) is 3.39. The second-order valence-electron chi connectivity index (χ2n) is 22.9. The van der Waals surface area contributed by atoms with Gasteiger partial charge < -0.3 is 19.4 Å². The number of esters is 1. The molecule has 0 bridgehead atoms. The largest absolute Gasteiger partial charge is 0.466 e. The van der Waals surface area contributed by atoms with Crippen molar-refractivity contribution in [1.29, 1.82) is 0 Å². The van der Waals surface area contributed by atoms with Gasteiger partial charge in [-0.05, 0) is 64.7 Å². The van der Waals surface area contributed by atoms with Gasteiger partial charge in [-0.1, -0.05) is 259 Å². The summed E-state index contributed by atoms with van der Waals surface area (Å²) < 4.78 is 5.73. The van der Waals surface area contributed by atoms with Crippen LogP contribution < -0.4 is 0 Å². The van der Waals surface area contributed by atoms with E-state index in [2.05, 4.69) is 59.1 Å². The predicted molar refractivity (Wildman–Crippen MR) is 316 cm³/mol. The fourth-order valence-corrected chi connectivity index (χ4v) is 10.8. The number of ether oxygens (including phenoxy) is 1. The third-order valence-electron chi connectivity index (χ3n) is 16.0. The van der Waals surface area contributed by atoms with Gasteiger partial charge in [0.05, 0.1) is 13.2 Å². The highest BCUT2D eigenvalue weighted by atomic mass is 16.5. The molecule has 0 aromatic heterocycles. The lowest BCUT2D eigenvalue weighted by Gasteiger charge is -2.37. The van der Waals surface area contributed by atoms with Crippen LogP contribution in [0, 0.1) is 0 Å². The lowest BCUT2D eigenvalue weighted by atomic mass is 10.1. The molecule has 0 aromatic rings. The molecule has 0 N–H and O–H groups in total. The molecule has 0 unspecified atom stereocenters. The SMILES string of the molecule is CCCCCCCCCCCCCCN(CCCOC(=O)CCCCCCCCC)CCN1CCN(C(=O)CN(CCCCCCCCC)CCN(CCCCCCCCC)CCCCCCCCC)CC1. The van der Waals surface area contributed by atoms with Crippen molar-refractivity contribution in [2.24, 2.45) is 0 Å². The Morgan fingerprint density at radius 2 is 0.639 bits per heavy atom. The van der Waals surface area contributed by atoms with Crippen molar-refractivity contribution in [2.75, 3.05) is 98.2 Å². The van der Waals surface area contributed by atoms with E-state index in [9.17, 15) is 9.59 Å². The fourth-order valence-electron chi connectivity index (χ4n) is 10.8. The standard InChI is InChI=1S/C64H129N5O3/c1-6-11-16-21-26-27-28-29-30-35-39-44-50-66(52-46-61-72-64(71)47-41-36-31-22-17-12-7-2)53-54-67-57-59-69(60-58-67)63(70)62-68(51-45-40-34-25-20-15-10-5)56-55-65(48-42-37-32-23-18-13-8-3)49-43-38-33-24-19-14-9-4/h6-62H2,1-5H3. The van der Waals surface area contributed by atoms with Crippen LogP contribution in [-0.4, -0.2) is 135 Å². The van der Waals surface area contributed by atoms with Gasteiger partial charge in [-0.2, -0.15) is 0 Å². The Kier molecular flexibility index (Phi) is 52.1. The van der Waals surface area contributed by atoms with Crippen LogP contribution >= 0.6 is 0 Å². The number of nitrogens with zero attached hydrogens (tertiary/aromatic N) is 5. The summed E-state index contributed by atoms with van der Waals surface area (Å²) in [5.74, 6) is 0.336. The number of carbonyl (C=O) groups excluding carboxylic acids is 2. The number of unbranched alkanes of at least 4 members (excludes halogenated alkanes) is 35. The highest BCUT2D eigenvalue weighted by Crippen LogP contribution is 2.16. The van der Waals surface area contributed by atoms with Gasteiger partial charge in [0.15, 0.2) is 0 Å². The molecule has 1 saturated heterocycles. The van der Waals surface area contributed by atoms with Gasteiger partial charge >= 0.3 is 5.97 Å². The minimum absolute atomic E-state index is 0.0102. The van der Waals surface area contributed by atoms with Crippen LogP contribution in [0.1, 0.15) is 304 Å². The third-order valence-corrected chi connectivity index (χ3v) is 16.0. The number of carbonyl (C=O) groups is 2. The molecule has 1 fully saturated rings. The van der Waals surface area contributed by atoms with Gasteiger partial charge in [-0.25, -0.2) is 0 Å². The maximum Gasteiger partial charge on any atom is 0.305 e. The Labute approximate surface area is 451 Å². The summed E-state index contributed by atoms with van der Waals surface area (Å²) in [6.07, 6.45) is 54.8. The first kappa shape index (κ1) is 68.8. The predicted octanol–water partition coefficient (Wildman–Crippen LogP) is 17.1. The van der Waals surface area contributed by atoms with Gasteiger partial charge in [0, 0.05) is 65.3 Å². The van der Waals surface area contributed by atoms with E-state index in [0.29, 0.717) is 25.5 Å². The molecule has 0 spiro atoms. The molecule has 0 saturated carbocycles. The van der Waals surface area contributed by atoms with Gasteiger partial charge in [0.2, 0.25) is 5.91 Å². The summed E-state index contributed by atoms with van der Waals surface area (Å²) in [5.41, 5.74) is 0. The molecule has 1 amide bonds. The van der Waals surface area contributed by atoms with E-state index >= 15 is 0 Å². The molecule has 72 heavy (non-hydrogen) atoms. The lowest BCUT2D eigenvalue weighted by molar-refractivity contribution is -0.144. The summed E-state index contributed by atoms with van der Waals surface area (Å²) >= 11 is 0. The van der Waals surface area contributed by atoms with Crippen LogP contribution in [0.15, 0.2) is 0 Å². The van der Waals surface area contributed by atoms with E-state index in [4.69, 9.17) is 4.74 Å². The molecule has 0 radical (unpaired) electrons. The highest BCUT2D eigenvalue weighted by Gasteiger charge is 2.23. The Morgan fingerprint density at radius 3 is 1.03 bits per heavy atom. The first-order valence-electron chi connectivity index (χ1n) is 32.8. The molecule has 1 aliphatic heterocycles. The summed E-state index contributed by atoms with van der Waals surface area (Å²) in [6, 6.07) is 0. The molecule has 1 heterocycles. The van der Waals surface area contributed by atoms with Gasteiger partial charge in [0.1, 0.15) is 0 Å². The molecule has 8 nitrogen and oxygen atoms in total. The van der Waals surface area contributed by atoms with Crippen molar-refractivity contribution in [2.45, 2.75) is 304 Å². The molecule has 1 aliphatic rings. The Balaban J connectivity index is 2.73. The van der Waals surface area contributed by atoms with Crippen molar-refractivity contribution < 1.29 is 14.3 Å². The van der Waals surface area contributed by atoms with Crippen molar-refractivity contribution in [1.82, 2.24) is 24.5 Å². The fraction of sp³-hybridized carbons (Fsp3) is 0.969. The number of amides is 1. The summed E-state index contributed by atoms with van der Waals surface area (Å²) in [5, 5.41) is 0. The molecule has 0 aromatic carbocycles. The number of hydrogen-bond acceptors (Lipinski definition) is 7. The van der Waals surface area contributed by atoms with E-state index in [0.717, 1.165) is 91.3 Å². The minimum Gasteiger partial charge on any atom is -0.466 e. The highest BCUT2D eigenvalue weighted by molar-refractivity contribution is 5.78. The number of rotatable bonds is 57. The van der Waals surface area contributed by atoms with E-state index in [1.165, 1.54) is 257 Å². The maximum absolute atomic E-state index is 14.1. The van der Waals surface area contributed by atoms with Crippen molar-refractivity contribution >= 4 is 11.9 Å². The van der Waals surface area contributed by atoms with Crippen molar-refractivity contribution in [3.63, 3.8) is 0 Å². The lowest BCUT2D eigenvalue weighted by Crippen LogP contribution is -2.52. The molecule has 428 valence electrons. The van der Waals surface area contributed by atoms with E-state index < -0.39 is 0 Å². The van der Waals surface area contributed by atoms with E-state index in [1.807, 2.05) is 0 Å². The Bertz CT molecular complexity index is 1100. The molecule has 1 rings (SSSR count). The minimum atomic E-state index is -0.0102. The summed E-state index contributed by atoms with van der Waals surface area (Å²) in [7, 11) is 0. The number of piperazine rings is 1. The van der Waals surface area contributed by atoms with Crippen LogP contribution in [-0.2, 0) is 14.3 Å². The van der Waals surface area contributed by atoms with Crippen LogP contribution in [0.5, 0.6) is 0 Å². The first-order valence-corrected chi connectivity index (χ1v) is 32.8. The normalized spacial score (nSPS) is 13.4. The van der Waals surface area contributed by atoms with Crippen molar-refractivity contribution in [3.8, 4) is 0 Å².